The van der Waals surface area contributed by atoms with Crippen molar-refractivity contribution >= 4 is 21.6 Å². The summed E-state index contributed by atoms with van der Waals surface area (Å²) in [6.45, 7) is 2.62. The third-order valence-corrected chi connectivity index (χ3v) is 6.08. The molecule has 1 saturated carbocycles. The van der Waals surface area contributed by atoms with Crippen molar-refractivity contribution < 1.29 is 8.42 Å². The van der Waals surface area contributed by atoms with Gasteiger partial charge in [-0.25, -0.2) is 8.42 Å². The number of rotatable bonds is 9. The normalized spacial score (nSPS) is 15.6. The van der Waals surface area contributed by atoms with Crippen molar-refractivity contribution in [3.05, 3.63) is 35.4 Å². The largest absolute Gasteiger partial charge is 0.214 e. The van der Waals surface area contributed by atoms with E-state index in [4.69, 9.17) is 11.6 Å². The molecule has 0 saturated heterocycles. The van der Waals surface area contributed by atoms with Gasteiger partial charge in [-0.2, -0.15) is 4.31 Å². The first-order valence-electron chi connectivity index (χ1n) is 7.70. The van der Waals surface area contributed by atoms with Crippen LogP contribution in [0.1, 0.15) is 43.7 Å². The quantitative estimate of drug-likeness (QED) is 0.513. The Morgan fingerprint density at radius 3 is 2.29 bits per heavy atom. The van der Waals surface area contributed by atoms with Crippen LogP contribution < -0.4 is 0 Å². The predicted molar refractivity (Wildman–Crippen MR) is 88.1 cm³/mol. The van der Waals surface area contributed by atoms with Crippen molar-refractivity contribution in [3.63, 3.8) is 0 Å². The highest BCUT2D eigenvalue weighted by Crippen LogP contribution is 2.31. The predicted octanol–water partition coefficient (Wildman–Crippen LogP) is 3.56. The van der Waals surface area contributed by atoms with E-state index in [9.17, 15) is 8.42 Å². The molecule has 0 atom stereocenters. The van der Waals surface area contributed by atoms with Gasteiger partial charge in [0.25, 0.3) is 0 Å². The maximum atomic E-state index is 12.5. The van der Waals surface area contributed by atoms with E-state index in [2.05, 4.69) is 19.1 Å². The second kappa shape index (κ2) is 7.61. The van der Waals surface area contributed by atoms with Crippen molar-refractivity contribution in [3.8, 4) is 0 Å². The summed E-state index contributed by atoms with van der Waals surface area (Å²) in [5, 5.41) is 0. The van der Waals surface area contributed by atoms with E-state index in [0.717, 1.165) is 31.2 Å². The second-order valence-electron chi connectivity index (χ2n) is 5.66. The van der Waals surface area contributed by atoms with Crippen molar-refractivity contribution in [1.82, 2.24) is 4.31 Å². The van der Waals surface area contributed by atoms with Gasteiger partial charge in [-0.05, 0) is 43.2 Å². The minimum absolute atomic E-state index is 0.205. The Kier molecular flexibility index (Phi) is 6.08. The van der Waals surface area contributed by atoms with E-state index < -0.39 is 10.0 Å². The van der Waals surface area contributed by atoms with E-state index in [1.165, 1.54) is 5.56 Å². The Morgan fingerprint density at radius 1 is 1.14 bits per heavy atom. The number of nitrogens with zero attached hydrogens (tertiary/aromatic N) is 1. The van der Waals surface area contributed by atoms with Gasteiger partial charge in [-0.15, -0.1) is 11.6 Å². The van der Waals surface area contributed by atoms with Crippen LogP contribution in [-0.4, -0.2) is 30.4 Å². The molecule has 0 heterocycles. The number of hydrogen-bond acceptors (Lipinski definition) is 2. The minimum atomic E-state index is -3.17. The molecular weight excluding hydrogens is 306 g/mol. The van der Waals surface area contributed by atoms with E-state index in [-0.39, 0.29) is 11.8 Å². The van der Waals surface area contributed by atoms with E-state index in [1.54, 1.807) is 4.31 Å². The Bertz CT molecular complexity index is 538. The van der Waals surface area contributed by atoms with Gasteiger partial charge in [0.15, 0.2) is 0 Å². The van der Waals surface area contributed by atoms with Gasteiger partial charge in [0.1, 0.15) is 0 Å². The van der Waals surface area contributed by atoms with Crippen molar-refractivity contribution in [2.24, 2.45) is 0 Å². The summed E-state index contributed by atoms with van der Waals surface area (Å²) in [5.41, 5.74) is 2.35. The first kappa shape index (κ1) is 16.8. The Balaban J connectivity index is 2.04. The van der Waals surface area contributed by atoms with Gasteiger partial charge in [0.05, 0.1) is 5.75 Å². The zero-order chi connectivity index (χ0) is 15.3. The zero-order valence-corrected chi connectivity index (χ0v) is 14.2. The fourth-order valence-corrected chi connectivity index (χ4v) is 4.38. The molecule has 0 N–H and O–H groups in total. The average molecular weight is 330 g/mol. The lowest BCUT2D eigenvalue weighted by atomic mass is 10.1. The highest BCUT2D eigenvalue weighted by molar-refractivity contribution is 7.89. The molecule has 1 fully saturated rings. The number of halogens is 1. The van der Waals surface area contributed by atoms with Crippen LogP contribution in [0.5, 0.6) is 0 Å². The van der Waals surface area contributed by atoms with E-state index >= 15 is 0 Å². The number of aryl methyl sites for hydroxylation is 1. The summed E-state index contributed by atoms with van der Waals surface area (Å²) in [6, 6.07) is 8.46. The summed E-state index contributed by atoms with van der Waals surface area (Å²) in [6.07, 6.45) is 4.38. The highest BCUT2D eigenvalue weighted by Gasteiger charge is 2.36. The maximum Gasteiger partial charge on any atom is 0.214 e. The highest BCUT2D eigenvalue weighted by atomic mass is 35.5. The molecule has 21 heavy (non-hydrogen) atoms. The van der Waals surface area contributed by atoms with Crippen molar-refractivity contribution in [2.75, 3.05) is 11.6 Å². The van der Waals surface area contributed by atoms with Crippen LogP contribution in [0.25, 0.3) is 0 Å². The van der Waals surface area contributed by atoms with Crippen LogP contribution in [0.2, 0.25) is 0 Å². The number of unbranched alkanes of at least 4 members (excludes halogenated alkanes) is 1. The van der Waals surface area contributed by atoms with Gasteiger partial charge in [-0.3, -0.25) is 0 Å². The third-order valence-electron chi connectivity index (χ3n) is 3.87. The molecule has 2 rings (SSSR count). The first-order chi connectivity index (χ1) is 10.1. The second-order valence-corrected chi connectivity index (χ2v) is 8.08. The molecule has 0 unspecified atom stereocenters. The standard InChI is InChI=1S/C16H24ClNO2S/c1-2-14-5-7-15(8-6-14)13-18(16-9-10-16)21(19,20)12-4-3-11-17/h5-8,16H,2-4,9-13H2,1H3. The van der Waals surface area contributed by atoms with Gasteiger partial charge in [-0.1, -0.05) is 31.2 Å². The Labute approximate surface area is 133 Å². The third kappa shape index (κ3) is 4.97. The molecule has 118 valence electrons. The van der Waals surface area contributed by atoms with Crippen LogP contribution >= 0.6 is 11.6 Å². The Morgan fingerprint density at radius 2 is 1.76 bits per heavy atom. The maximum absolute atomic E-state index is 12.5. The molecule has 0 aromatic heterocycles. The van der Waals surface area contributed by atoms with Gasteiger partial charge < -0.3 is 0 Å². The van der Waals surface area contributed by atoms with Crippen molar-refractivity contribution in [1.29, 1.82) is 0 Å². The summed E-state index contributed by atoms with van der Waals surface area (Å²) in [5.74, 6) is 0.737. The van der Waals surface area contributed by atoms with Crippen LogP contribution in [0.15, 0.2) is 24.3 Å². The molecule has 0 aliphatic heterocycles. The minimum Gasteiger partial charge on any atom is -0.212 e. The summed E-state index contributed by atoms with van der Waals surface area (Å²) in [4.78, 5) is 0. The first-order valence-corrected chi connectivity index (χ1v) is 9.84. The molecule has 0 bridgehead atoms. The van der Waals surface area contributed by atoms with Gasteiger partial charge in [0, 0.05) is 18.5 Å². The molecule has 3 nitrogen and oxygen atoms in total. The van der Waals surface area contributed by atoms with Gasteiger partial charge in [0.2, 0.25) is 10.0 Å². The SMILES string of the molecule is CCc1ccc(CN(C2CC2)S(=O)(=O)CCCCCl)cc1. The molecule has 0 amide bonds. The Hall–Kier alpha value is -0.580. The lowest BCUT2D eigenvalue weighted by Crippen LogP contribution is -2.34. The number of benzene rings is 1. The van der Waals surface area contributed by atoms with Gasteiger partial charge >= 0.3 is 0 Å². The lowest BCUT2D eigenvalue weighted by molar-refractivity contribution is 0.398. The summed E-state index contributed by atoms with van der Waals surface area (Å²) < 4.78 is 26.7. The molecule has 1 aromatic rings. The topological polar surface area (TPSA) is 37.4 Å². The van der Waals surface area contributed by atoms with E-state index in [0.29, 0.717) is 18.8 Å². The van der Waals surface area contributed by atoms with Crippen LogP contribution in [-0.2, 0) is 23.0 Å². The molecule has 1 aliphatic rings. The fraction of sp³-hybridized carbons (Fsp3) is 0.625. The number of hydrogen-bond donors (Lipinski definition) is 0. The van der Waals surface area contributed by atoms with Crippen LogP contribution in [0.4, 0.5) is 0 Å². The van der Waals surface area contributed by atoms with Crippen LogP contribution in [0, 0.1) is 0 Å². The smallest absolute Gasteiger partial charge is 0.212 e. The summed E-state index contributed by atoms with van der Waals surface area (Å²) in [7, 11) is -3.17. The summed E-state index contributed by atoms with van der Waals surface area (Å²) >= 11 is 5.63. The monoisotopic (exact) mass is 329 g/mol. The molecule has 0 radical (unpaired) electrons. The average Bonchev–Trinajstić information content (AvgIpc) is 3.30. The molecular formula is C16H24ClNO2S. The lowest BCUT2D eigenvalue weighted by Gasteiger charge is -2.22. The molecule has 0 spiro atoms. The molecule has 5 heteroatoms. The molecule has 1 aliphatic carbocycles. The zero-order valence-electron chi connectivity index (χ0n) is 12.6. The van der Waals surface area contributed by atoms with Crippen LogP contribution in [0.3, 0.4) is 0 Å². The fourth-order valence-electron chi connectivity index (χ4n) is 2.37. The number of alkyl halides is 1. The van der Waals surface area contributed by atoms with Crippen molar-refractivity contribution in [2.45, 2.75) is 51.6 Å². The van der Waals surface area contributed by atoms with E-state index in [1.807, 2.05) is 12.1 Å². The molecule has 1 aromatic carbocycles. The number of sulfonamides is 1.